The quantitative estimate of drug-likeness (QED) is 0.0261. The first-order valence-electron chi connectivity index (χ1n) is 32.9. The van der Waals surface area contributed by atoms with E-state index < -0.39 is 6.10 Å². The molecule has 0 aromatic rings. The number of esters is 3. The zero-order valence-corrected chi connectivity index (χ0v) is 51.2. The lowest BCUT2D eigenvalue weighted by Gasteiger charge is -2.18. The van der Waals surface area contributed by atoms with Crippen molar-refractivity contribution in [1.82, 2.24) is 0 Å². The average molecular weight is 1080 g/mol. The summed E-state index contributed by atoms with van der Waals surface area (Å²) in [7, 11) is 0. The molecular formula is C72H122O6. The van der Waals surface area contributed by atoms with Gasteiger partial charge in [0.2, 0.25) is 0 Å². The maximum Gasteiger partial charge on any atom is 0.306 e. The standard InChI is InChI=1S/C72H122O6/c1-4-7-10-13-16-18-20-22-24-26-28-30-32-34-35-36-37-39-40-42-44-46-48-50-52-54-56-59-62-65-71(74)77-68-69(67-76-70(73)64-61-58-15-12-9-6-3)78-72(75)66-63-60-57-55-53-51-49-47-45-43-41-38-33-31-29-27-25-23-21-19-17-14-11-8-5-2/h7-8,10-11,16-19,22-25,28-31,38,41,69H,4-6,9,12-15,20-21,26-27,32-37,39-40,42-68H2,1-3H3/b10-7-,11-8-,18-16-,19-17-,24-22-,25-23-,30-28-,31-29-,41-38-. The summed E-state index contributed by atoms with van der Waals surface area (Å²) in [5.74, 6) is -0.886. The van der Waals surface area contributed by atoms with Crippen LogP contribution < -0.4 is 0 Å². The Bertz CT molecular complexity index is 1570. The van der Waals surface area contributed by atoms with Crippen LogP contribution in [0.25, 0.3) is 0 Å². The molecule has 0 saturated carbocycles. The fourth-order valence-corrected chi connectivity index (χ4v) is 9.17. The molecule has 0 N–H and O–H groups in total. The number of allylic oxidation sites excluding steroid dienone is 18. The van der Waals surface area contributed by atoms with Gasteiger partial charge in [-0.2, -0.15) is 0 Å². The molecule has 6 nitrogen and oxygen atoms in total. The molecule has 78 heavy (non-hydrogen) atoms. The number of unbranched alkanes of at least 4 members (excludes halogenated alkanes) is 30. The SMILES string of the molecule is CC/C=C\C/C=C\C/C=C\C/C=C\C/C=C\CCCCCCCCCCCC(=O)OC(COC(=O)CCCCCCCC)COC(=O)CCCCCCCCCCCCCCCCCC/C=C\C/C=C\C/C=C\C/C=C\CC. The summed E-state index contributed by atoms with van der Waals surface area (Å²) in [5.41, 5.74) is 0. The van der Waals surface area contributed by atoms with E-state index in [-0.39, 0.29) is 31.1 Å². The van der Waals surface area contributed by atoms with Crippen LogP contribution in [-0.2, 0) is 28.6 Å². The van der Waals surface area contributed by atoms with Gasteiger partial charge >= 0.3 is 17.9 Å². The summed E-state index contributed by atoms with van der Waals surface area (Å²) in [5, 5.41) is 0. The van der Waals surface area contributed by atoms with Crippen LogP contribution in [0.3, 0.4) is 0 Å². The van der Waals surface area contributed by atoms with E-state index in [1.165, 1.54) is 148 Å². The maximum atomic E-state index is 12.9. The lowest BCUT2D eigenvalue weighted by molar-refractivity contribution is -0.167. The lowest BCUT2D eigenvalue weighted by atomic mass is 10.0. The molecule has 0 rings (SSSR count). The molecule has 0 aliphatic rings. The first-order chi connectivity index (χ1) is 38.5. The van der Waals surface area contributed by atoms with Crippen molar-refractivity contribution < 1.29 is 28.6 Å². The molecular weight excluding hydrogens is 961 g/mol. The van der Waals surface area contributed by atoms with Crippen molar-refractivity contribution in [3.8, 4) is 0 Å². The van der Waals surface area contributed by atoms with E-state index in [2.05, 4.69) is 130 Å². The van der Waals surface area contributed by atoms with Crippen molar-refractivity contribution in [1.29, 1.82) is 0 Å². The minimum Gasteiger partial charge on any atom is -0.462 e. The predicted molar refractivity (Wildman–Crippen MR) is 339 cm³/mol. The highest BCUT2D eigenvalue weighted by Gasteiger charge is 2.19. The normalized spacial score (nSPS) is 12.8. The van der Waals surface area contributed by atoms with E-state index in [1.807, 2.05) is 0 Å². The Labute approximate surface area is 482 Å². The van der Waals surface area contributed by atoms with Gasteiger partial charge in [0.15, 0.2) is 6.10 Å². The lowest BCUT2D eigenvalue weighted by Crippen LogP contribution is -2.30. The Morgan fingerprint density at radius 2 is 0.500 bits per heavy atom. The summed E-state index contributed by atoms with van der Waals surface area (Å²) in [4.78, 5) is 38.1. The average Bonchev–Trinajstić information content (AvgIpc) is 3.44. The fourth-order valence-electron chi connectivity index (χ4n) is 9.17. The molecule has 0 spiro atoms. The molecule has 0 amide bonds. The largest absolute Gasteiger partial charge is 0.462 e. The second-order valence-electron chi connectivity index (χ2n) is 21.6. The van der Waals surface area contributed by atoms with Gasteiger partial charge in [0.1, 0.15) is 13.2 Å². The van der Waals surface area contributed by atoms with Crippen LogP contribution in [0.15, 0.2) is 109 Å². The Morgan fingerprint density at radius 3 is 0.782 bits per heavy atom. The van der Waals surface area contributed by atoms with Crippen LogP contribution in [-0.4, -0.2) is 37.2 Å². The summed E-state index contributed by atoms with van der Waals surface area (Å²) in [6.07, 6.45) is 90.0. The molecule has 0 radical (unpaired) electrons. The van der Waals surface area contributed by atoms with Crippen molar-refractivity contribution in [3.63, 3.8) is 0 Å². The highest BCUT2D eigenvalue weighted by molar-refractivity contribution is 5.71. The molecule has 1 atom stereocenters. The van der Waals surface area contributed by atoms with Crippen LogP contribution in [0.2, 0.25) is 0 Å². The molecule has 0 fully saturated rings. The Kier molecular flexibility index (Phi) is 62.3. The van der Waals surface area contributed by atoms with Crippen molar-refractivity contribution in [2.75, 3.05) is 13.2 Å². The first kappa shape index (κ1) is 74.1. The third-order valence-electron chi connectivity index (χ3n) is 14.0. The molecule has 6 heteroatoms. The molecule has 0 aromatic carbocycles. The zero-order chi connectivity index (χ0) is 56.4. The smallest absolute Gasteiger partial charge is 0.306 e. The van der Waals surface area contributed by atoms with E-state index in [1.54, 1.807) is 0 Å². The molecule has 0 bridgehead atoms. The summed E-state index contributed by atoms with van der Waals surface area (Å²) in [6.45, 7) is 6.37. The van der Waals surface area contributed by atoms with Gasteiger partial charge < -0.3 is 14.2 Å². The van der Waals surface area contributed by atoms with Gasteiger partial charge in [0.25, 0.3) is 0 Å². The van der Waals surface area contributed by atoms with Crippen molar-refractivity contribution in [2.45, 2.75) is 316 Å². The number of carbonyl (C=O) groups excluding carboxylic acids is 3. The van der Waals surface area contributed by atoms with Crippen molar-refractivity contribution in [2.24, 2.45) is 0 Å². The number of carbonyl (C=O) groups is 3. The van der Waals surface area contributed by atoms with Crippen molar-refractivity contribution in [3.05, 3.63) is 109 Å². The minimum absolute atomic E-state index is 0.0784. The second-order valence-corrected chi connectivity index (χ2v) is 21.6. The first-order valence-corrected chi connectivity index (χ1v) is 32.9. The molecule has 0 heterocycles. The second kappa shape index (κ2) is 65.6. The molecule has 0 aromatic heterocycles. The topological polar surface area (TPSA) is 78.9 Å². The zero-order valence-electron chi connectivity index (χ0n) is 51.2. The Hall–Kier alpha value is -3.93. The highest BCUT2D eigenvalue weighted by Crippen LogP contribution is 2.17. The minimum atomic E-state index is -0.779. The third kappa shape index (κ3) is 62.9. The van der Waals surface area contributed by atoms with Crippen LogP contribution >= 0.6 is 0 Å². The van der Waals surface area contributed by atoms with Gasteiger partial charge in [-0.1, -0.05) is 297 Å². The van der Waals surface area contributed by atoms with Gasteiger partial charge in [0.05, 0.1) is 0 Å². The molecule has 0 aliphatic heterocycles. The number of hydrogen-bond acceptors (Lipinski definition) is 6. The fraction of sp³-hybridized carbons (Fsp3) is 0.708. The highest BCUT2D eigenvalue weighted by atomic mass is 16.6. The van der Waals surface area contributed by atoms with E-state index in [0.717, 1.165) is 122 Å². The van der Waals surface area contributed by atoms with Crippen LogP contribution in [0.5, 0.6) is 0 Å². The van der Waals surface area contributed by atoms with E-state index >= 15 is 0 Å². The molecule has 0 saturated heterocycles. The molecule has 0 aliphatic carbocycles. The predicted octanol–water partition coefficient (Wildman–Crippen LogP) is 22.6. The third-order valence-corrected chi connectivity index (χ3v) is 14.0. The molecule has 1 unspecified atom stereocenters. The number of hydrogen-bond donors (Lipinski definition) is 0. The number of ether oxygens (including phenoxy) is 3. The van der Waals surface area contributed by atoms with Crippen molar-refractivity contribution >= 4 is 17.9 Å². The van der Waals surface area contributed by atoms with E-state index in [9.17, 15) is 14.4 Å². The van der Waals surface area contributed by atoms with Crippen LogP contribution in [0.4, 0.5) is 0 Å². The van der Waals surface area contributed by atoms with Gasteiger partial charge in [-0.25, -0.2) is 0 Å². The summed E-state index contributed by atoms with van der Waals surface area (Å²) < 4.78 is 16.8. The van der Waals surface area contributed by atoms with E-state index in [4.69, 9.17) is 14.2 Å². The monoisotopic (exact) mass is 1080 g/mol. The van der Waals surface area contributed by atoms with Gasteiger partial charge in [-0.05, 0) is 103 Å². The summed E-state index contributed by atoms with van der Waals surface area (Å²) in [6, 6.07) is 0. The Balaban J connectivity index is 4.07. The van der Waals surface area contributed by atoms with Crippen LogP contribution in [0.1, 0.15) is 310 Å². The Morgan fingerprint density at radius 1 is 0.269 bits per heavy atom. The summed E-state index contributed by atoms with van der Waals surface area (Å²) >= 11 is 0. The van der Waals surface area contributed by atoms with Gasteiger partial charge in [-0.3, -0.25) is 14.4 Å². The number of rotatable bonds is 59. The maximum absolute atomic E-state index is 12.9. The van der Waals surface area contributed by atoms with E-state index in [0.29, 0.717) is 19.3 Å². The van der Waals surface area contributed by atoms with Gasteiger partial charge in [-0.15, -0.1) is 0 Å². The molecule has 446 valence electrons. The van der Waals surface area contributed by atoms with Gasteiger partial charge in [0, 0.05) is 19.3 Å². The van der Waals surface area contributed by atoms with Crippen LogP contribution in [0, 0.1) is 0 Å².